The van der Waals surface area contributed by atoms with Crippen LogP contribution in [0.2, 0.25) is 0 Å². The summed E-state index contributed by atoms with van der Waals surface area (Å²) in [5, 5.41) is 14.8. The third kappa shape index (κ3) is 6.50. The lowest BCUT2D eigenvalue weighted by molar-refractivity contribution is -0.153. The Morgan fingerprint density at radius 1 is 0.976 bits per heavy atom. The number of nitrogens with one attached hydrogen (secondary N) is 2. The van der Waals surface area contributed by atoms with Gasteiger partial charge in [0, 0.05) is 30.6 Å². The third-order valence-corrected chi connectivity index (χ3v) is 7.42. The van der Waals surface area contributed by atoms with Gasteiger partial charge in [0.15, 0.2) is 5.69 Å². The first-order chi connectivity index (χ1) is 19.6. The molecule has 2 aromatic heterocycles. The predicted molar refractivity (Wildman–Crippen MR) is 141 cm³/mol. The molecular weight excluding hydrogens is 543 g/mol. The second-order valence-corrected chi connectivity index (χ2v) is 10.2. The van der Waals surface area contributed by atoms with Crippen LogP contribution in [0.4, 0.5) is 24.7 Å². The molecule has 216 valence electrons. The molecule has 5 rings (SSSR count). The molecule has 3 heterocycles. The van der Waals surface area contributed by atoms with Crippen LogP contribution in [0, 0.1) is 11.8 Å². The molecular formula is C28H28F3N5O5. The first kappa shape index (κ1) is 28.1. The number of carboxylic acids is 1. The summed E-state index contributed by atoms with van der Waals surface area (Å²) >= 11 is 0. The van der Waals surface area contributed by atoms with E-state index in [1.54, 1.807) is 29.2 Å². The number of alkyl halides is 3. The Labute approximate surface area is 233 Å². The van der Waals surface area contributed by atoms with Gasteiger partial charge in [0.2, 0.25) is 17.6 Å². The predicted octanol–water partition coefficient (Wildman–Crippen LogP) is 4.91. The van der Waals surface area contributed by atoms with Crippen LogP contribution in [0.15, 0.2) is 53.1 Å². The summed E-state index contributed by atoms with van der Waals surface area (Å²) in [5.74, 6) is -3.71. The lowest BCUT2D eigenvalue weighted by Crippen LogP contribution is -2.38. The van der Waals surface area contributed by atoms with Crippen LogP contribution in [0.3, 0.4) is 0 Å². The van der Waals surface area contributed by atoms with E-state index in [-0.39, 0.29) is 35.4 Å². The molecule has 1 saturated heterocycles. The minimum absolute atomic E-state index is 0.0469. The van der Waals surface area contributed by atoms with Crippen LogP contribution in [-0.2, 0) is 15.8 Å². The molecule has 3 aromatic rings. The molecule has 1 saturated carbocycles. The van der Waals surface area contributed by atoms with Gasteiger partial charge in [-0.3, -0.25) is 14.4 Å². The maximum absolute atomic E-state index is 13.6. The summed E-state index contributed by atoms with van der Waals surface area (Å²) < 4.78 is 45.6. The molecule has 0 radical (unpaired) electrons. The molecule has 0 unspecified atom stereocenters. The number of amides is 2. The summed E-state index contributed by atoms with van der Waals surface area (Å²) in [6.45, 7) is 1.06. The molecule has 1 atom stereocenters. The van der Waals surface area contributed by atoms with E-state index in [0.717, 1.165) is 0 Å². The number of benzene rings is 1. The summed E-state index contributed by atoms with van der Waals surface area (Å²) in [6.07, 6.45) is -0.742. The summed E-state index contributed by atoms with van der Waals surface area (Å²) in [7, 11) is 0. The molecule has 1 aliphatic heterocycles. The van der Waals surface area contributed by atoms with E-state index in [4.69, 9.17) is 9.52 Å². The topological polar surface area (TPSA) is 138 Å². The van der Waals surface area contributed by atoms with Crippen molar-refractivity contribution < 1.29 is 37.1 Å². The number of likely N-dealkylation sites (tertiary alicyclic amines) is 1. The Balaban J connectivity index is 1.17. The van der Waals surface area contributed by atoms with E-state index < -0.39 is 29.5 Å². The Kier molecular flexibility index (Phi) is 7.95. The van der Waals surface area contributed by atoms with Crippen molar-refractivity contribution in [1.82, 2.24) is 14.9 Å². The number of oxazole rings is 1. The molecule has 2 amide bonds. The van der Waals surface area contributed by atoms with Gasteiger partial charge in [0.05, 0.1) is 17.8 Å². The standard InChI is InChI=1S/C28H28F3N5O5/c29-28(30,31)23-22(35-25(41-23)16-4-2-1-3-5-16)24(37)34-19-10-11-21(32-14-19)33-20-12-13-36(15-20)26(38)17-6-8-18(9-7-17)27(39)40/h1-5,10-11,14,17-18,20H,6-9,12-13,15H2,(H,32,33)(H,34,37)(H,39,40)/t17-,18+,20-/m0/s1. The Morgan fingerprint density at radius 2 is 1.68 bits per heavy atom. The van der Waals surface area contributed by atoms with Gasteiger partial charge in [0.25, 0.3) is 5.91 Å². The van der Waals surface area contributed by atoms with Crippen molar-refractivity contribution in [2.24, 2.45) is 11.8 Å². The quantitative estimate of drug-likeness (QED) is 0.364. The van der Waals surface area contributed by atoms with E-state index in [1.807, 2.05) is 0 Å². The fraction of sp³-hybridized carbons (Fsp3) is 0.393. The van der Waals surface area contributed by atoms with E-state index in [2.05, 4.69) is 20.6 Å². The number of aromatic nitrogens is 2. The van der Waals surface area contributed by atoms with Gasteiger partial charge in [-0.15, -0.1) is 0 Å². The van der Waals surface area contributed by atoms with Crippen molar-refractivity contribution in [2.75, 3.05) is 23.7 Å². The van der Waals surface area contributed by atoms with Crippen molar-refractivity contribution in [3.8, 4) is 11.5 Å². The summed E-state index contributed by atoms with van der Waals surface area (Å²) in [6, 6.07) is 11.0. The van der Waals surface area contributed by atoms with Gasteiger partial charge in [-0.2, -0.15) is 13.2 Å². The molecule has 0 spiro atoms. The van der Waals surface area contributed by atoms with Gasteiger partial charge in [-0.05, 0) is 56.4 Å². The average Bonchev–Trinajstić information content (AvgIpc) is 3.62. The number of hydrogen-bond acceptors (Lipinski definition) is 7. The number of rotatable bonds is 7. The molecule has 41 heavy (non-hydrogen) atoms. The average molecular weight is 572 g/mol. The van der Waals surface area contributed by atoms with E-state index in [9.17, 15) is 27.6 Å². The first-order valence-corrected chi connectivity index (χ1v) is 13.3. The maximum Gasteiger partial charge on any atom is 0.452 e. The molecule has 0 bridgehead atoms. The summed E-state index contributed by atoms with van der Waals surface area (Å²) in [5.41, 5.74) is -0.421. The smallest absolute Gasteiger partial charge is 0.452 e. The monoisotopic (exact) mass is 571 g/mol. The Morgan fingerprint density at radius 3 is 2.32 bits per heavy atom. The minimum Gasteiger partial charge on any atom is -0.481 e. The zero-order valence-electron chi connectivity index (χ0n) is 21.9. The van der Waals surface area contributed by atoms with E-state index in [1.165, 1.54) is 24.4 Å². The fourth-order valence-electron chi connectivity index (χ4n) is 5.25. The zero-order valence-corrected chi connectivity index (χ0v) is 21.9. The van der Waals surface area contributed by atoms with Gasteiger partial charge < -0.3 is 25.1 Å². The number of carbonyl (C=O) groups excluding carboxylic acids is 2. The van der Waals surface area contributed by atoms with Gasteiger partial charge in [-0.1, -0.05) is 18.2 Å². The van der Waals surface area contributed by atoms with Crippen LogP contribution >= 0.6 is 0 Å². The van der Waals surface area contributed by atoms with E-state index in [0.29, 0.717) is 56.6 Å². The number of anilines is 2. The number of halogens is 3. The van der Waals surface area contributed by atoms with Gasteiger partial charge in [0.1, 0.15) is 5.82 Å². The number of carboxylic acid groups (broad SMARTS) is 1. The largest absolute Gasteiger partial charge is 0.481 e. The summed E-state index contributed by atoms with van der Waals surface area (Å²) in [4.78, 5) is 46.7. The fourth-order valence-corrected chi connectivity index (χ4v) is 5.25. The highest BCUT2D eigenvalue weighted by Gasteiger charge is 2.42. The normalized spacial score (nSPS) is 21.0. The molecule has 1 aliphatic carbocycles. The van der Waals surface area contributed by atoms with Crippen LogP contribution in [0.25, 0.3) is 11.5 Å². The number of nitrogens with zero attached hydrogens (tertiary/aromatic N) is 3. The molecule has 10 nitrogen and oxygen atoms in total. The van der Waals surface area contributed by atoms with Gasteiger partial charge in [-0.25, -0.2) is 9.97 Å². The van der Waals surface area contributed by atoms with Crippen LogP contribution < -0.4 is 10.6 Å². The molecule has 2 fully saturated rings. The molecule has 13 heteroatoms. The van der Waals surface area contributed by atoms with Crippen LogP contribution in [0.1, 0.15) is 48.4 Å². The molecule has 1 aromatic carbocycles. The van der Waals surface area contributed by atoms with Gasteiger partial charge >= 0.3 is 12.1 Å². The highest BCUT2D eigenvalue weighted by molar-refractivity contribution is 6.04. The van der Waals surface area contributed by atoms with Crippen LogP contribution in [-0.4, -0.2) is 56.9 Å². The van der Waals surface area contributed by atoms with Crippen molar-refractivity contribution in [1.29, 1.82) is 0 Å². The SMILES string of the molecule is O=C(Nc1ccc(N[C@H]2CCN(C(=O)[C@H]3CC[C@@H](C(=O)O)CC3)C2)nc1)c1nc(-c2ccccc2)oc1C(F)(F)F. The van der Waals surface area contributed by atoms with Crippen molar-refractivity contribution in [2.45, 2.75) is 44.3 Å². The number of aliphatic carboxylic acids is 1. The lowest BCUT2D eigenvalue weighted by atomic mass is 9.81. The zero-order chi connectivity index (χ0) is 29.1. The number of pyridine rings is 1. The van der Waals surface area contributed by atoms with E-state index >= 15 is 0 Å². The van der Waals surface area contributed by atoms with Crippen LogP contribution in [0.5, 0.6) is 0 Å². The highest BCUT2D eigenvalue weighted by atomic mass is 19.4. The third-order valence-electron chi connectivity index (χ3n) is 7.42. The second-order valence-electron chi connectivity index (χ2n) is 10.2. The number of hydrogen-bond donors (Lipinski definition) is 3. The Bertz CT molecular complexity index is 1400. The first-order valence-electron chi connectivity index (χ1n) is 13.3. The lowest BCUT2D eigenvalue weighted by Gasteiger charge is -2.29. The Hall–Kier alpha value is -4.42. The van der Waals surface area contributed by atoms with Crippen molar-refractivity contribution in [3.05, 3.63) is 60.1 Å². The van der Waals surface area contributed by atoms with Crippen molar-refractivity contribution in [3.63, 3.8) is 0 Å². The molecule has 2 aliphatic rings. The van der Waals surface area contributed by atoms with Crippen molar-refractivity contribution >= 4 is 29.3 Å². The second kappa shape index (κ2) is 11.6. The molecule has 3 N–H and O–H groups in total. The number of carbonyl (C=O) groups is 3. The highest BCUT2D eigenvalue weighted by Crippen LogP contribution is 2.36. The maximum atomic E-state index is 13.6. The minimum atomic E-state index is -4.92.